The van der Waals surface area contributed by atoms with Crippen LogP contribution in [0.3, 0.4) is 0 Å². The zero-order valence-corrected chi connectivity index (χ0v) is 45.6. The molecule has 3 saturated heterocycles. The van der Waals surface area contributed by atoms with Gasteiger partial charge in [-0.05, 0) is 121 Å². The van der Waals surface area contributed by atoms with E-state index in [2.05, 4.69) is 13.0 Å². The number of allylic oxidation sites excluding steroid dienone is 4. The second kappa shape index (κ2) is 29.8. The summed E-state index contributed by atoms with van der Waals surface area (Å²) in [5.74, 6) is -7.32. The lowest BCUT2D eigenvalue weighted by Crippen LogP contribution is -2.61. The quantitative estimate of drug-likeness (QED) is 0.0333. The standard InChI is InChI=1S/C56H91NO15/c1-13-17-34(3)26-38(7)50(60)52(67-12)51(66-11)39(8)27-36(5)46(59)31-48(37(6)28-41-20-22-45(58)49(29-41)65-10)71-55(63)44-18-15-16-23-57(44)54(62)53(61)56(64)40(9)19-21-42(72-56)30-47(35(4)14-2)70-25-24-69-43-32-68-33-43/h13-14,17,27,34,36-38,40-45,47-49,51-52,58,64H,15-16,18-26,28-33H2,1-12H3/b17-13+,35-14+,39-27+/t34-,36-,37-,38-,40-,41+,42+,44+,45-,47?,48+,49-,51-,52+,56-/m1/s1. The van der Waals surface area contributed by atoms with Crippen molar-refractivity contribution in [1.82, 2.24) is 4.90 Å². The van der Waals surface area contributed by atoms with Crippen molar-refractivity contribution in [3.05, 3.63) is 35.5 Å². The highest BCUT2D eigenvalue weighted by Gasteiger charge is 2.53. The highest BCUT2D eigenvalue weighted by atomic mass is 16.6. The third kappa shape index (κ3) is 16.9. The van der Waals surface area contributed by atoms with E-state index in [1.165, 1.54) is 19.1 Å². The van der Waals surface area contributed by atoms with E-state index in [-0.39, 0.29) is 72.9 Å². The zero-order valence-electron chi connectivity index (χ0n) is 45.6. The summed E-state index contributed by atoms with van der Waals surface area (Å²) in [5.41, 5.74) is 1.60. The molecule has 4 rings (SSSR count). The number of esters is 1. The van der Waals surface area contributed by atoms with Crippen LogP contribution in [0.2, 0.25) is 0 Å². The molecular weight excluding hydrogens is 927 g/mol. The first kappa shape index (κ1) is 61.4. The van der Waals surface area contributed by atoms with Gasteiger partial charge in [0.2, 0.25) is 5.79 Å². The molecule has 16 nitrogen and oxygen atoms in total. The van der Waals surface area contributed by atoms with Gasteiger partial charge in [0.25, 0.3) is 11.7 Å². The van der Waals surface area contributed by atoms with Crippen LogP contribution in [0.5, 0.6) is 0 Å². The van der Waals surface area contributed by atoms with Crippen molar-refractivity contribution in [2.24, 2.45) is 35.5 Å². The maximum absolute atomic E-state index is 14.5. The van der Waals surface area contributed by atoms with E-state index in [9.17, 15) is 34.2 Å². The third-order valence-corrected chi connectivity index (χ3v) is 15.7. The molecule has 72 heavy (non-hydrogen) atoms. The molecular formula is C56H91NO15. The number of rotatable bonds is 29. The Balaban J connectivity index is 1.52. The second-order valence-corrected chi connectivity index (χ2v) is 21.3. The lowest BCUT2D eigenvalue weighted by Gasteiger charge is -2.43. The molecule has 4 aliphatic rings. The summed E-state index contributed by atoms with van der Waals surface area (Å²) < 4.78 is 46.9. The lowest BCUT2D eigenvalue weighted by molar-refractivity contribution is -0.266. The number of piperidine rings is 1. The van der Waals surface area contributed by atoms with Crippen LogP contribution in [0.15, 0.2) is 35.5 Å². The van der Waals surface area contributed by atoms with Crippen LogP contribution in [-0.2, 0) is 61.9 Å². The van der Waals surface area contributed by atoms with Crippen LogP contribution in [0, 0.1) is 35.5 Å². The van der Waals surface area contributed by atoms with Gasteiger partial charge in [0, 0.05) is 58.5 Å². The fourth-order valence-corrected chi connectivity index (χ4v) is 10.9. The molecule has 3 aliphatic heterocycles. The summed E-state index contributed by atoms with van der Waals surface area (Å²) in [5, 5.41) is 22.6. The molecule has 0 aromatic rings. The fraction of sp³-hybridized carbons (Fsp3) is 0.804. The molecule has 1 amide bonds. The third-order valence-electron chi connectivity index (χ3n) is 15.7. The van der Waals surface area contributed by atoms with E-state index >= 15 is 0 Å². The van der Waals surface area contributed by atoms with Gasteiger partial charge in [-0.2, -0.15) is 0 Å². The number of ketones is 3. The maximum Gasteiger partial charge on any atom is 0.329 e. The smallest absolute Gasteiger partial charge is 0.329 e. The largest absolute Gasteiger partial charge is 0.460 e. The molecule has 0 spiro atoms. The predicted molar refractivity (Wildman–Crippen MR) is 272 cm³/mol. The normalized spacial score (nSPS) is 29.1. The van der Waals surface area contributed by atoms with Crippen LogP contribution < -0.4 is 0 Å². The van der Waals surface area contributed by atoms with E-state index < -0.39 is 71.8 Å². The van der Waals surface area contributed by atoms with Crippen LogP contribution in [0.4, 0.5) is 0 Å². The molecule has 1 saturated carbocycles. The van der Waals surface area contributed by atoms with Gasteiger partial charge in [0.1, 0.15) is 36.2 Å². The van der Waals surface area contributed by atoms with Crippen LogP contribution >= 0.6 is 0 Å². The number of aliphatic hydroxyl groups excluding tert-OH is 1. The van der Waals surface area contributed by atoms with Gasteiger partial charge < -0.3 is 53.0 Å². The molecule has 0 bridgehead atoms. The molecule has 15 atom stereocenters. The van der Waals surface area contributed by atoms with Crippen LogP contribution in [-0.4, -0.2) is 159 Å². The number of carbonyl (C=O) groups excluding carboxylic acids is 5. The number of Topliss-reactive ketones (excluding diaryl/α,β-unsaturated/α-hetero) is 3. The average Bonchev–Trinajstić information content (AvgIpc) is 3.34. The molecule has 1 aliphatic carbocycles. The molecule has 4 fully saturated rings. The van der Waals surface area contributed by atoms with Crippen molar-refractivity contribution in [3.63, 3.8) is 0 Å². The summed E-state index contributed by atoms with van der Waals surface area (Å²) in [6, 6.07) is -1.14. The first-order valence-electron chi connectivity index (χ1n) is 26.8. The number of nitrogens with zero attached hydrogens (tertiary/aromatic N) is 1. The van der Waals surface area contributed by atoms with Gasteiger partial charge in [0.05, 0.1) is 50.8 Å². The summed E-state index contributed by atoms with van der Waals surface area (Å²) in [6.45, 7) is 18.9. The van der Waals surface area contributed by atoms with Gasteiger partial charge in [-0.3, -0.25) is 19.2 Å². The molecule has 1 unspecified atom stereocenters. The minimum absolute atomic E-state index is 0.0632. The number of amides is 1. The number of hydrogen-bond acceptors (Lipinski definition) is 15. The molecule has 16 heteroatoms. The summed E-state index contributed by atoms with van der Waals surface area (Å²) in [4.78, 5) is 72.4. The average molecular weight is 1020 g/mol. The van der Waals surface area contributed by atoms with Gasteiger partial charge in [0.15, 0.2) is 5.78 Å². The number of methoxy groups -OCH3 is 3. The van der Waals surface area contributed by atoms with Gasteiger partial charge in [-0.15, -0.1) is 0 Å². The molecule has 410 valence electrons. The molecule has 0 aromatic heterocycles. The fourth-order valence-electron chi connectivity index (χ4n) is 10.9. The Hall–Kier alpha value is -3.19. The number of aliphatic hydroxyl groups is 2. The van der Waals surface area contributed by atoms with E-state index in [1.807, 2.05) is 46.8 Å². The van der Waals surface area contributed by atoms with E-state index in [0.717, 1.165) is 12.0 Å². The van der Waals surface area contributed by atoms with Crippen molar-refractivity contribution in [3.8, 4) is 0 Å². The van der Waals surface area contributed by atoms with Crippen molar-refractivity contribution < 1.29 is 72.1 Å². The number of ether oxygens (including phenoxy) is 8. The Morgan fingerprint density at radius 1 is 0.875 bits per heavy atom. The summed E-state index contributed by atoms with van der Waals surface area (Å²) in [7, 11) is 4.56. The lowest BCUT2D eigenvalue weighted by atomic mass is 9.78. The number of likely N-dealkylation sites (tertiary alicyclic amines) is 1. The monoisotopic (exact) mass is 1020 g/mol. The topological polar surface area (TPSA) is 203 Å². The molecule has 0 radical (unpaired) electrons. The number of carbonyl (C=O) groups is 5. The number of hydrogen-bond donors (Lipinski definition) is 2. The van der Waals surface area contributed by atoms with E-state index in [0.29, 0.717) is 89.8 Å². The predicted octanol–water partition coefficient (Wildman–Crippen LogP) is 7.09. The van der Waals surface area contributed by atoms with E-state index in [4.69, 9.17) is 37.9 Å². The Morgan fingerprint density at radius 2 is 1.58 bits per heavy atom. The van der Waals surface area contributed by atoms with Crippen molar-refractivity contribution in [2.45, 2.75) is 200 Å². The Kier molecular flexibility index (Phi) is 25.4. The van der Waals surface area contributed by atoms with Gasteiger partial charge in [-0.25, -0.2) is 4.79 Å². The summed E-state index contributed by atoms with van der Waals surface area (Å²) in [6.07, 6.45) is 8.95. The highest BCUT2D eigenvalue weighted by Crippen LogP contribution is 2.38. The Labute approximate surface area is 430 Å². The molecule has 0 aromatic carbocycles. The Morgan fingerprint density at radius 3 is 2.21 bits per heavy atom. The van der Waals surface area contributed by atoms with Crippen molar-refractivity contribution in [1.29, 1.82) is 0 Å². The van der Waals surface area contributed by atoms with Crippen LogP contribution in [0.25, 0.3) is 0 Å². The van der Waals surface area contributed by atoms with Crippen LogP contribution in [0.1, 0.15) is 139 Å². The van der Waals surface area contributed by atoms with Gasteiger partial charge in [-0.1, -0.05) is 58.9 Å². The maximum atomic E-state index is 14.5. The zero-order chi connectivity index (χ0) is 53.3. The minimum atomic E-state index is -2.44. The highest BCUT2D eigenvalue weighted by molar-refractivity contribution is 6.39. The second-order valence-electron chi connectivity index (χ2n) is 21.3. The Bertz CT molecular complexity index is 1850. The van der Waals surface area contributed by atoms with Crippen molar-refractivity contribution in [2.75, 3.05) is 54.3 Å². The molecule has 2 N–H and O–H groups in total. The van der Waals surface area contributed by atoms with Crippen molar-refractivity contribution >= 4 is 29.2 Å². The minimum Gasteiger partial charge on any atom is -0.460 e. The van der Waals surface area contributed by atoms with Gasteiger partial charge >= 0.3 is 5.97 Å². The molecule has 3 heterocycles. The van der Waals surface area contributed by atoms with E-state index in [1.54, 1.807) is 34.0 Å². The first-order chi connectivity index (χ1) is 34.2. The summed E-state index contributed by atoms with van der Waals surface area (Å²) >= 11 is 0. The SMILES string of the molecule is C/C=C/[C@@H](C)C[C@@H](C)C(=O)[C@H](OC)[C@H](OC)/C(C)=C/[C@@H](C)C(=O)C[C@H](OC(=O)[C@@H]1CCCCN1C(=O)C(=O)[C@]1(O)O[C@H](CC(OCCOC2COC2)/C(C)=C/C)CC[C@H]1C)[C@H](C)C[C@@H]1CC[C@@H](O)[C@H](OC)C1. The first-order valence-corrected chi connectivity index (χ1v) is 26.8.